The largest absolute Gasteiger partial charge is 0.378 e. The molecule has 2 aromatic rings. The Morgan fingerprint density at radius 1 is 1.23 bits per heavy atom. The van der Waals surface area contributed by atoms with Crippen LogP contribution in [0.2, 0.25) is 0 Å². The van der Waals surface area contributed by atoms with Crippen molar-refractivity contribution in [2.45, 2.75) is 38.8 Å². The third-order valence-corrected chi connectivity index (χ3v) is 5.64. The molecule has 0 aliphatic carbocycles. The van der Waals surface area contributed by atoms with Crippen molar-refractivity contribution in [3.63, 3.8) is 0 Å². The standard InChI is InChI=1S/C22H28FN3O4/c1-2-20(27)26(14-18-4-3-11-29-18)15-19-21(16-5-7-17(23)8-6-16)24-30-22(19)25-9-12-28-13-10-25/h5-8,18H,2-4,9-15H2,1H3. The van der Waals surface area contributed by atoms with Crippen LogP contribution >= 0.6 is 0 Å². The Kier molecular flexibility index (Phi) is 6.64. The summed E-state index contributed by atoms with van der Waals surface area (Å²) in [7, 11) is 0. The minimum atomic E-state index is -0.307. The summed E-state index contributed by atoms with van der Waals surface area (Å²) in [6, 6.07) is 6.19. The van der Waals surface area contributed by atoms with E-state index in [4.69, 9.17) is 14.0 Å². The first-order chi connectivity index (χ1) is 14.7. The fraction of sp³-hybridized carbons (Fsp3) is 0.545. The number of benzene rings is 1. The van der Waals surface area contributed by atoms with Gasteiger partial charge in [0.25, 0.3) is 0 Å². The maximum Gasteiger partial charge on any atom is 0.233 e. The molecule has 7 nitrogen and oxygen atoms in total. The predicted octanol–water partition coefficient (Wildman–Crippen LogP) is 3.23. The van der Waals surface area contributed by atoms with Crippen LogP contribution in [-0.4, -0.2) is 61.5 Å². The fourth-order valence-corrected chi connectivity index (χ4v) is 4.00. The second kappa shape index (κ2) is 9.57. The molecule has 1 aromatic carbocycles. The van der Waals surface area contributed by atoms with Gasteiger partial charge in [0.1, 0.15) is 11.5 Å². The molecule has 8 heteroatoms. The molecule has 3 heterocycles. The highest BCUT2D eigenvalue weighted by atomic mass is 19.1. The first kappa shape index (κ1) is 20.8. The average molecular weight is 417 g/mol. The quantitative estimate of drug-likeness (QED) is 0.689. The van der Waals surface area contributed by atoms with Crippen LogP contribution in [0.3, 0.4) is 0 Å². The van der Waals surface area contributed by atoms with Crippen molar-refractivity contribution in [2.24, 2.45) is 0 Å². The molecule has 0 N–H and O–H groups in total. The number of hydrogen-bond acceptors (Lipinski definition) is 6. The lowest BCUT2D eigenvalue weighted by Gasteiger charge is -2.29. The summed E-state index contributed by atoms with van der Waals surface area (Å²) in [5.74, 6) is 0.405. The topological polar surface area (TPSA) is 68.0 Å². The van der Waals surface area contributed by atoms with Gasteiger partial charge in [-0.1, -0.05) is 12.1 Å². The molecule has 30 heavy (non-hydrogen) atoms. The predicted molar refractivity (Wildman–Crippen MR) is 110 cm³/mol. The maximum atomic E-state index is 13.5. The van der Waals surface area contributed by atoms with E-state index in [0.717, 1.165) is 30.6 Å². The summed E-state index contributed by atoms with van der Waals surface area (Å²) in [6.07, 6.45) is 2.45. The molecule has 162 valence electrons. The average Bonchev–Trinajstić information content (AvgIpc) is 3.44. The maximum absolute atomic E-state index is 13.5. The lowest BCUT2D eigenvalue weighted by atomic mass is 10.1. The molecule has 2 saturated heterocycles. The SMILES string of the molecule is CCC(=O)N(Cc1c(-c2ccc(F)cc2)noc1N1CCOCC1)CC1CCCO1. The number of carbonyl (C=O) groups excluding carboxylic acids is 1. The molecule has 2 fully saturated rings. The lowest BCUT2D eigenvalue weighted by molar-refractivity contribution is -0.133. The summed E-state index contributed by atoms with van der Waals surface area (Å²) >= 11 is 0. The minimum Gasteiger partial charge on any atom is -0.378 e. The number of morpholine rings is 1. The number of nitrogens with zero attached hydrogens (tertiary/aromatic N) is 3. The van der Waals surface area contributed by atoms with Gasteiger partial charge in [0.05, 0.1) is 31.4 Å². The fourth-order valence-electron chi connectivity index (χ4n) is 4.00. The first-order valence-electron chi connectivity index (χ1n) is 10.6. The van der Waals surface area contributed by atoms with Crippen LogP contribution in [0.25, 0.3) is 11.3 Å². The Morgan fingerprint density at radius 3 is 2.67 bits per heavy atom. The molecule has 1 unspecified atom stereocenters. The van der Waals surface area contributed by atoms with Gasteiger partial charge >= 0.3 is 0 Å². The van der Waals surface area contributed by atoms with Crippen LogP contribution in [0.4, 0.5) is 10.3 Å². The number of anilines is 1. The Labute approximate surface area is 175 Å². The summed E-state index contributed by atoms with van der Waals surface area (Å²) in [4.78, 5) is 16.7. The van der Waals surface area contributed by atoms with E-state index in [1.165, 1.54) is 12.1 Å². The van der Waals surface area contributed by atoms with Gasteiger partial charge < -0.3 is 23.8 Å². The van der Waals surface area contributed by atoms with Gasteiger partial charge in [-0.15, -0.1) is 0 Å². The normalized spacial score (nSPS) is 19.3. The van der Waals surface area contributed by atoms with Crippen molar-refractivity contribution < 1.29 is 23.2 Å². The molecule has 1 atom stereocenters. The van der Waals surface area contributed by atoms with E-state index >= 15 is 0 Å². The highest BCUT2D eigenvalue weighted by Crippen LogP contribution is 2.33. The molecular formula is C22H28FN3O4. The van der Waals surface area contributed by atoms with Crippen molar-refractivity contribution >= 4 is 11.8 Å². The Balaban J connectivity index is 1.67. The highest BCUT2D eigenvalue weighted by molar-refractivity contribution is 5.77. The first-order valence-corrected chi connectivity index (χ1v) is 10.6. The molecule has 1 amide bonds. The Bertz CT molecular complexity index is 843. The summed E-state index contributed by atoms with van der Waals surface area (Å²) in [6.45, 7) is 6.13. The second-order valence-corrected chi connectivity index (χ2v) is 7.68. The van der Waals surface area contributed by atoms with Crippen molar-refractivity contribution in [2.75, 3.05) is 44.4 Å². The molecule has 0 spiro atoms. The number of carbonyl (C=O) groups is 1. The smallest absolute Gasteiger partial charge is 0.233 e. The molecule has 2 aliphatic heterocycles. The molecule has 4 rings (SSSR count). The number of halogens is 1. The van der Waals surface area contributed by atoms with E-state index in [9.17, 15) is 9.18 Å². The number of rotatable bonds is 7. The molecule has 0 bridgehead atoms. The van der Waals surface area contributed by atoms with Gasteiger partial charge in [-0.25, -0.2) is 4.39 Å². The number of aromatic nitrogens is 1. The van der Waals surface area contributed by atoms with Gasteiger partial charge in [0.15, 0.2) is 0 Å². The van der Waals surface area contributed by atoms with Crippen LogP contribution in [0.15, 0.2) is 28.8 Å². The monoisotopic (exact) mass is 417 g/mol. The third-order valence-electron chi connectivity index (χ3n) is 5.64. The van der Waals surface area contributed by atoms with Crippen LogP contribution in [-0.2, 0) is 20.8 Å². The second-order valence-electron chi connectivity index (χ2n) is 7.68. The van der Waals surface area contributed by atoms with E-state index < -0.39 is 0 Å². The van der Waals surface area contributed by atoms with Crippen molar-refractivity contribution in [1.29, 1.82) is 0 Å². The minimum absolute atomic E-state index is 0.0569. The number of hydrogen-bond donors (Lipinski definition) is 0. The van der Waals surface area contributed by atoms with Gasteiger partial charge in [0.2, 0.25) is 11.8 Å². The van der Waals surface area contributed by atoms with Crippen LogP contribution in [0, 0.1) is 5.82 Å². The highest BCUT2D eigenvalue weighted by Gasteiger charge is 2.29. The summed E-state index contributed by atoms with van der Waals surface area (Å²) in [5.41, 5.74) is 2.23. The van der Waals surface area contributed by atoms with E-state index in [-0.39, 0.29) is 17.8 Å². The van der Waals surface area contributed by atoms with Crippen LogP contribution in [0.5, 0.6) is 0 Å². The molecular weight excluding hydrogens is 389 g/mol. The van der Waals surface area contributed by atoms with E-state index in [1.807, 2.05) is 11.8 Å². The van der Waals surface area contributed by atoms with Crippen LogP contribution in [0.1, 0.15) is 31.7 Å². The van der Waals surface area contributed by atoms with E-state index in [2.05, 4.69) is 10.1 Å². The Morgan fingerprint density at radius 2 is 2.00 bits per heavy atom. The number of amides is 1. The third kappa shape index (κ3) is 4.65. The zero-order valence-corrected chi connectivity index (χ0v) is 17.3. The van der Waals surface area contributed by atoms with E-state index in [1.54, 1.807) is 12.1 Å². The van der Waals surface area contributed by atoms with Crippen molar-refractivity contribution in [3.8, 4) is 11.3 Å². The van der Waals surface area contributed by atoms with Crippen LogP contribution < -0.4 is 4.90 Å². The van der Waals surface area contributed by atoms with Crippen molar-refractivity contribution in [3.05, 3.63) is 35.6 Å². The van der Waals surface area contributed by atoms with Gasteiger partial charge in [-0.2, -0.15) is 0 Å². The van der Waals surface area contributed by atoms with Gasteiger partial charge in [0, 0.05) is 38.2 Å². The molecule has 1 aromatic heterocycles. The van der Waals surface area contributed by atoms with Crippen molar-refractivity contribution in [1.82, 2.24) is 10.1 Å². The zero-order valence-electron chi connectivity index (χ0n) is 17.3. The van der Waals surface area contributed by atoms with E-state index in [0.29, 0.717) is 57.4 Å². The Hall–Kier alpha value is -2.45. The zero-order chi connectivity index (χ0) is 20.9. The lowest BCUT2D eigenvalue weighted by Crippen LogP contribution is -2.39. The number of ether oxygens (including phenoxy) is 2. The molecule has 0 radical (unpaired) electrons. The molecule has 2 aliphatic rings. The van der Waals surface area contributed by atoms with Gasteiger partial charge in [-0.05, 0) is 37.1 Å². The molecule has 0 saturated carbocycles. The summed E-state index contributed by atoms with van der Waals surface area (Å²) < 4.78 is 30.5. The van der Waals surface area contributed by atoms with Gasteiger partial charge in [-0.3, -0.25) is 4.79 Å². The summed E-state index contributed by atoms with van der Waals surface area (Å²) in [5, 5.41) is 4.31.